The Morgan fingerprint density at radius 1 is 0.933 bits per heavy atom. The Kier molecular flexibility index (Phi) is 5.66. The van der Waals surface area contributed by atoms with E-state index >= 15 is 0 Å². The second-order valence-corrected chi connectivity index (χ2v) is 7.69. The number of benzene rings is 3. The molecule has 0 aliphatic carbocycles. The number of hydrogen-bond acceptors (Lipinski definition) is 3. The minimum absolute atomic E-state index is 0.198. The van der Waals surface area contributed by atoms with Crippen LogP contribution in [0.15, 0.2) is 78.9 Å². The summed E-state index contributed by atoms with van der Waals surface area (Å²) in [5.74, 6) is -0.669. The van der Waals surface area contributed by atoms with Gasteiger partial charge in [0.1, 0.15) is 0 Å². The molecule has 3 aromatic rings. The van der Waals surface area contributed by atoms with Gasteiger partial charge in [0.25, 0.3) is 5.91 Å². The van der Waals surface area contributed by atoms with Crippen molar-refractivity contribution in [1.29, 1.82) is 0 Å². The fourth-order valence-electron chi connectivity index (χ4n) is 4.12. The molecule has 0 bridgehead atoms. The molecule has 0 fully saturated rings. The van der Waals surface area contributed by atoms with Gasteiger partial charge in [-0.05, 0) is 30.0 Å². The molecule has 1 aliphatic rings. The van der Waals surface area contributed by atoms with E-state index in [2.05, 4.69) is 36.4 Å². The lowest BCUT2D eigenvalue weighted by molar-refractivity contribution is -0.160. The van der Waals surface area contributed by atoms with Crippen LogP contribution in [0.3, 0.4) is 0 Å². The highest BCUT2D eigenvalue weighted by molar-refractivity contribution is 5.85. The largest absolute Gasteiger partial charge is 0.447 e. The molecule has 0 saturated heterocycles. The van der Waals surface area contributed by atoms with Gasteiger partial charge in [-0.1, -0.05) is 84.4 Å². The standard InChI is InChI=1S/C26H25NO3/c1-18-12-14-21(15-13-18)24-23-11-7-6-8-20(23)16-17-27(24)26(29)25(30-19(2)28)22-9-4-3-5-10-22/h3-15,24-25H,16-17H2,1-2H3/t24-,25+/m1/s1. The van der Waals surface area contributed by atoms with E-state index in [-0.39, 0.29) is 11.9 Å². The summed E-state index contributed by atoms with van der Waals surface area (Å²) in [4.78, 5) is 27.4. The average Bonchev–Trinajstić information content (AvgIpc) is 2.77. The maximum absolute atomic E-state index is 13.7. The monoisotopic (exact) mass is 399 g/mol. The number of hydrogen-bond donors (Lipinski definition) is 0. The zero-order valence-corrected chi connectivity index (χ0v) is 17.2. The molecule has 0 aromatic heterocycles. The molecule has 4 heteroatoms. The number of esters is 1. The molecular formula is C26H25NO3. The molecule has 4 rings (SSSR count). The summed E-state index contributed by atoms with van der Waals surface area (Å²) >= 11 is 0. The normalized spacial score (nSPS) is 16.5. The van der Waals surface area contributed by atoms with Crippen LogP contribution < -0.4 is 0 Å². The number of carbonyl (C=O) groups excluding carboxylic acids is 2. The fourth-order valence-corrected chi connectivity index (χ4v) is 4.12. The minimum atomic E-state index is -0.957. The van der Waals surface area contributed by atoms with Gasteiger partial charge >= 0.3 is 5.97 Å². The van der Waals surface area contributed by atoms with Crippen molar-refractivity contribution in [2.75, 3.05) is 6.54 Å². The summed E-state index contributed by atoms with van der Waals surface area (Å²) in [6.07, 6.45) is -0.187. The van der Waals surface area contributed by atoms with Gasteiger partial charge in [0.05, 0.1) is 6.04 Å². The van der Waals surface area contributed by atoms with E-state index in [0.29, 0.717) is 12.1 Å². The van der Waals surface area contributed by atoms with Crippen molar-refractivity contribution in [3.63, 3.8) is 0 Å². The zero-order valence-electron chi connectivity index (χ0n) is 17.2. The molecule has 152 valence electrons. The molecule has 4 nitrogen and oxygen atoms in total. The number of carbonyl (C=O) groups is 2. The van der Waals surface area contributed by atoms with E-state index in [0.717, 1.165) is 17.5 Å². The Morgan fingerprint density at radius 2 is 1.60 bits per heavy atom. The van der Waals surface area contributed by atoms with Gasteiger partial charge in [-0.3, -0.25) is 9.59 Å². The van der Waals surface area contributed by atoms with Crippen molar-refractivity contribution in [3.8, 4) is 0 Å². The summed E-state index contributed by atoms with van der Waals surface area (Å²) in [6, 6.07) is 25.5. The predicted octanol–water partition coefficient (Wildman–Crippen LogP) is 4.77. The molecule has 1 amide bonds. The van der Waals surface area contributed by atoms with Gasteiger partial charge in [0.2, 0.25) is 6.10 Å². The maximum atomic E-state index is 13.7. The predicted molar refractivity (Wildman–Crippen MR) is 116 cm³/mol. The van der Waals surface area contributed by atoms with Gasteiger partial charge in [-0.2, -0.15) is 0 Å². The lowest BCUT2D eigenvalue weighted by Crippen LogP contribution is -2.43. The second kappa shape index (κ2) is 8.54. The number of rotatable bonds is 4. The fraction of sp³-hybridized carbons (Fsp3) is 0.231. The van der Waals surface area contributed by atoms with Crippen molar-refractivity contribution < 1.29 is 14.3 Å². The van der Waals surface area contributed by atoms with Crippen LogP contribution in [0.1, 0.15) is 46.9 Å². The van der Waals surface area contributed by atoms with Crippen LogP contribution in [0.2, 0.25) is 0 Å². The topological polar surface area (TPSA) is 46.6 Å². The van der Waals surface area contributed by atoms with Crippen molar-refractivity contribution in [3.05, 3.63) is 107 Å². The first kappa shape index (κ1) is 19.9. The summed E-state index contributed by atoms with van der Waals surface area (Å²) in [5.41, 5.74) is 5.27. The number of aryl methyl sites for hydroxylation is 1. The number of amides is 1. The lowest BCUT2D eigenvalue weighted by atomic mass is 9.87. The third-order valence-electron chi connectivity index (χ3n) is 5.57. The van der Waals surface area contributed by atoms with Crippen LogP contribution in [0.25, 0.3) is 0 Å². The smallest absolute Gasteiger partial charge is 0.303 e. The quantitative estimate of drug-likeness (QED) is 0.594. The van der Waals surface area contributed by atoms with Crippen LogP contribution in [-0.4, -0.2) is 23.3 Å². The maximum Gasteiger partial charge on any atom is 0.303 e. The van der Waals surface area contributed by atoms with Crippen LogP contribution >= 0.6 is 0 Å². The number of ether oxygens (including phenoxy) is 1. The van der Waals surface area contributed by atoms with Gasteiger partial charge in [0, 0.05) is 19.0 Å². The van der Waals surface area contributed by atoms with Gasteiger partial charge in [-0.25, -0.2) is 0 Å². The molecule has 0 unspecified atom stereocenters. The van der Waals surface area contributed by atoms with E-state index in [1.165, 1.54) is 18.1 Å². The second-order valence-electron chi connectivity index (χ2n) is 7.69. The van der Waals surface area contributed by atoms with Crippen molar-refractivity contribution >= 4 is 11.9 Å². The lowest BCUT2D eigenvalue weighted by Gasteiger charge is -2.39. The van der Waals surface area contributed by atoms with Crippen LogP contribution in [0, 0.1) is 6.92 Å². The summed E-state index contributed by atoms with van der Waals surface area (Å²) < 4.78 is 5.51. The SMILES string of the molecule is CC(=O)O[C@H](C(=O)N1CCc2ccccc2[C@H]1c1ccc(C)cc1)c1ccccc1. The zero-order chi connectivity index (χ0) is 21.1. The molecule has 1 aliphatic heterocycles. The Bertz CT molecular complexity index is 1040. The third-order valence-corrected chi connectivity index (χ3v) is 5.57. The molecule has 0 N–H and O–H groups in total. The Labute approximate surface area is 177 Å². The van der Waals surface area contributed by atoms with Crippen LogP contribution in [0.5, 0.6) is 0 Å². The van der Waals surface area contributed by atoms with Crippen molar-refractivity contribution in [1.82, 2.24) is 4.90 Å². The molecule has 3 aromatic carbocycles. The molecule has 0 radical (unpaired) electrons. The minimum Gasteiger partial charge on any atom is -0.447 e. The number of fused-ring (bicyclic) bond motifs is 1. The Morgan fingerprint density at radius 3 is 2.30 bits per heavy atom. The average molecular weight is 399 g/mol. The van der Waals surface area contributed by atoms with Gasteiger partial charge in [-0.15, -0.1) is 0 Å². The van der Waals surface area contributed by atoms with E-state index in [4.69, 9.17) is 4.74 Å². The van der Waals surface area contributed by atoms with Crippen LogP contribution in [-0.2, 0) is 20.7 Å². The van der Waals surface area contributed by atoms with Crippen molar-refractivity contribution in [2.45, 2.75) is 32.4 Å². The highest BCUT2D eigenvalue weighted by Gasteiger charge is 2.37. The van der Waals surface area contributed by atoms with Crippen molar-refractivity contribution in [2.24, 2.45) is 0 Å². The Balaban J connectivity index is 1.77. The Hall–Kier alpha value is -3.40. The van der Waals surface area contributed by atoms with E-state index in [1.54, 1.807) is 0 Å². The van der Waals surface area contributed by atoms with Crippen LogP contribution in [0.4, 0.5) is 0 Å². The highest BCUT2D eigenvalue weighted by Crippen LogP contribution is 2.37. The van der Waals surface area contributed by atoms with Gasteiger partial charge < -0.3 is 9.64 Å². The van der Waals surface area contributed by atoms with E-state index < -0.39 is 12.1 Å². The molecule has 0 spiro atoms. The van der Waals surface area contributed by atoms with E-state index in [9.17, 15) is 9.59 Å². The van der Waals surface area contributed by atoms with E-state index in [1.807, 2.05) is 54.3 Å². The summed E-state index contributed by atoms with van der Waals surface area (Å²) in [6.45, 7) is 3.96. The first-order valence-corrected chi connectivity index (χ1v) is 10.2. The summed E-state index contributed by atoms with van der Waals surface area (Å²) in [7, 11) is 0. The first-order chi connectivity index (χ1) is 14.5. The molecule has 1 heterocycles. The summed E-state index contributed by atoms with van der Waals surface area (Å²) in [5, 5.41) is 0. The number of nitrogens with zero attached hydrogens (tertiary/aromatic N) is 1. The first-order valence-electron chi connectivity index (χ1n) is 10.2. The third kappa shape index (κ3) is 3.99. The molecule has 30 heavy (non-hydrogen) atoms. The molecule has 2 atom stereocenters. The highest BCUT2D eigenvalue weighted by atomic mass is 16.5. The van der Waals surface area contributed by atoms with Gasteiger partial charge in [0.15, 0.2) is 0 Å². The molecule has 0 saturated carbocycles. The molecular weight excluding hydrogens is 374 g/mol.